The third-order valence-corrected chi connectivity index (χ3v) is 2.78. The summed E-state index contributed by atoms with van der Waals surface area (Å²) in [5, 5.41) is 10.6. The number of carboxylic acids is 1. The Labute approximate surface area is 97.4 Å². The molecule has 0 amide bonds. The van der Waals surface area contributed by atoms with E-state index in [0.29, 0.717) is 11.5 Å². The molecule has 0 atom stereocenters. The maximum absolute atomic E-state index is 12.6. The van der Waals surface area contributed by atoms with E-state index in [4.69, 9.17) is 5.11 Å². The minimum atomic E-state index is -4.21. The van der Waals surface area contributed by atoms with E-state index in [0.717, 1.165) is 0 Å². The van der Waals surface area contributed by atoms with Crippen LogP contribution in [0.3, 0.4) is 0 Å². The lowest BCUT2D eigenvalue weighted by molar-refractivity contribution is -0.117. The molecule has 2 N–H and O–H groups in total. The molecule has 0 fully saturated rings. The first-order chi connectivity index (χ1) is 7.75. The summed E-state index contributed by atoms with van der Waals surface area (Å²) in [6.07, 6.45) is -3.81. The molecule has 0 unspecified atom stereocenters. The standard InChI is InChI=1S/C8H8F4N2O2S/c1-3-4(6(15)16)5(17-14-3)13-2-8(11,12)7(9)10/h7,13H,2H2,1H3,(H,15,16). The van der Waals surface area contributed by atoms with Crippen LogP contribution in [-0.4, -0.2) is 34.3 Å². The second-order valence-corrected chi connectivity index (χ2v) is 3.97. The number of nitrogens with one attached hydrogen (secondary N) is 1. The van der Waals surface area contributed by atoms with Crippen LogP contribution in [0.15, 0.2) is 0 Å². The normalized spacial score (nSPS) is 11.9. The van der Waals surface area contributed by atoms with Crippen molar-refractivity contribution < 1.29 is 27.5 Å². The van der Waals surface area contributed by atoms with Gasteiger partial charge in [0.05, 0.1) is 12.2 Å². The summed E-state index contributed by atoms with van der Waals surface area (Å²) in [4.78, 5) is 10.8. The first-order valence-electron chi connectivity index (χ1n) is 4.35. The minimum absolute atomic E-state index is 0.144. The van der Waals surface area contributed by atoms with E-state index >= 15 is 0 Å². The van der Waals surface area contributed by atoms with Gasteiger partial charge in [0.15, 0.2) is 0 Å². The number of aromatic carboxylic acids is 1. The van der Waals surface area contributed by atoms with Gasteiger partial charge < -0.3 is 10.4 Å². The molecule has 0 spiro atoms. The van der Waals surface area contributed by atoms with Crippen LogP contribution in [0.5, 0.6) is 0 Å². The van der Waals surface area contributed by atoms with E-state index < -0.39 is 24.9 Å². The second kappa shape index (κ2) is 4.86. The zero-order valence-corrected chi connectivity index (χ0v) is 9.32. The molecule has 0 aliphatic heterocycles. The Morgan fingerprint density at radius 2 is 2.18 bits per heavy atom. The predicted octanol–water partition coefficient (Wildman–Crippen LogP) is 2.46. The number of anilines is 1. The molecule has 0 aliphatic carbocycles. The lowest BCUT2D eigenvalue weighted by Gasteiger charge is -2.15. The SMILES string of the molecule is Cc1nsc(NCC(F)(F)C(F)F)c1C(=O)O. The summed E-state index contributed by atoms with van der Waals surface area (Å²) in [5.74, 6) is -5.56. The maximum Gasteiger partial charge on any atom is 0.340 e. The van der Waals surface area contributed by atoms with Crippen molar-refractivity contribution in [1.82, 2.24) is 4.37 Å². The number of carbonyl (C=O) groups is 1. The molecular formula is C8H8F4N2O2S. The van der Waals surface area contributed by atoms with E-state index in [2.05, 4.69) is 4.37 Å². The molecule has 0 radical (unpaired) electrons. The van der Waals surface area contributed by atoms with Crippen LogP contribution in [0, 0.1) is 6.92 Å². The van der Waals surface area contributed by atoms with Gasteiger partial charge in [-0.05, 0) is 18.5 Å². The number of aromatic nitrogens is 1. The first kappa shape index (κ1) is 13.7. The van der Waals surface area contributed by atoms with Crippen LogP contribution in [0.2, 0.25) is 0 Å². The van der Waals surface area contributed by atoms with E-state index in [1.54, 1.807) is 0 Å². The molecule has 0 saturated carbocycles. The molecule has 4 nitrogen and oxygen atoms in total. The summed E-state index contributed by atoms with van der Waals surface area (Å²) in [6.45, 7) is 0.0446. The van der Waals surface area contributed by atoms with Gasteiger partial charge in [0, 0.05) is 0 Å². The summed E-state index contributed by atoms with van der Waals surface area (Å²) in [6, 6.07) is 0. The van der Waals surface area contributed by atoms with E-state index in [1.807, 2.05) is 5.32 Å². The lowest BCUT2D eigenvalue weighted by atomic mass is 10.2. The summed E-state index contributed by atoms with van der Waals surface area (Å²) >= 11 is 0.637. The Morgan fingerprint density at radius 1 is 1.59 bits per heavy atom. The average molecular weight is 272 g/mol. The Morgan fingerprint density at radius 3 is 2.65 bits per heavy atom. The minimum Gasteiger partial charge on any atom is -0.478 e. The number of hydrogen-bond acceptors (Lipinski definition) is 4. The smallest absolute Gasteiger partial charge is 0.340 e. The molecular weight excluding hydrogens is 264 g/mol. The topological polar surface area (TPSA) is 62.2 Å². The number of aryl methyl sites for hydroxylation is 1. The molecule has 0 bridgehead atoms. The fraction of sp³-hybridized carbons (Fsp3) is 0.500. The van der Waals surface area contributed by atoms with Crippen molar-refractivity contribution in [3.05, 3.63) is 11.3 Å². The van der Waals surface area contributed by atoms with Gasteiger partial charge in [-0.25, -0.2) is 13.6 Å². The Hall–Kier alpha value is -1.38. The summed E-state index contributed by atoms with van der Waals surface area (Å²) < 4.78 is 52.6. The van der Waals surface area contributed by atoms with E-state index in [-0.39, 0.29) is 16.3 Å². The number of nitrogens with zero attached hydrogens (tertiary/aromatic N) is 1. The predicted molar refractivity (Wildman–Crippen MR) is 53.3 cm³/mol. The van der Waals surface area contributed by atoms with Gasteiger partial charge >= 0.3 is 18.3 Å². The van der Waals surface area contributed by atoms with E-state index in [1.165, 1.54) is 6.92 Å². The van der Waals surface area contributed by atoms with Crippen molar-refractivity contribution in [2.45, 2.75) is 19.3 Å². The number of carboxylic acid groups (broad SMARTS) is 1. The fourth-order valence-corrected chi connectivity index (χ4v) is 1.80. The van der Waals surface area contributed by atoms with Gasteiger partial charge in [0.1, 0.15) is 10.6 Å². The molecule has 17 heavy (non-hydrogen) atoms. The van der Waals surface area contributed by atoms with Gasteiger partial charge in [-0.15, -0.1) is 0 Å². The maximum atomic E-state index is 12.6. The molecule has 0 saturated heterocycles. The van der Waals surface area contributed by atoms with Gasteiger partial charge in [0.25, 0.3) is 0 Å². The van der Waals surface area contributed by atoms with Crippen molar-refractivity contribution >= 4 is 22.5 Å². The molecule has 1 aromatic rings. The van der Waals surface area contributed by atoms with Crippen molar-refractivity contribution in [2.24, 2.45) is 0 Å². The molecule has 96 valence electrons. The average Bonchev–Trinajstić information content (AvgIpc) is 2.56. The van der Waals surface area contributed by atoms with Crippen molar-refractivity contribution in [3.8, 4) is 0 Å². The van der Waals surface area contributed by atoms with Crippen LogP contribution in [-0.2, 0) is 0 Å². The molecule has 1 aromatic heterocycles. The monoisotopic (exact) mass is 272 g/mol. The quantitative estimate of drug-likeness (QED) is 0.808. The Balaban J connectivity index is 2.80. The fourth-order valence-electron chi connectivity index (χ4n) is 1.02. The lowest BCUT2D eigenvalue weighted by Crippen LogP contribution is -2.34. The second-order valence-electron chi connectivity index (χ2n) is 3.19. The molecule has 9 heteroatoms. The van der Waals surface area contributed by atoms with Crippen LogP contribution < -0.4 is 5.32 Å². The van der Waals surface area contributed by atoms with Crippen LogP contribution >= 0.6 is 11.5 Å². The molecule has 0 aromatic carbocycles. The third kappa shape index (κ3) is 3.05. The van der Waals surface area contributed by atoms with Crippen LogP contribution in [0.25, 0.3) is 0 Å². The summed E-state index contributed by atoms with van der Waals surface area (Å²) in [7, 11) is 0. The Bertz CT molecular complexity index is 422. The summed E-state index contributed by atoms with van der Waals surface area (Å²) in [5.41, 5.74) is -0.134. The highest BCUT2D eigenvalue weighted by atomic mass is 32.1. The van der Waals surface area contributed by atoms with E-state index in [9.17, 15) is 22.4 Å². The molecule has 1 rings (SSSR count). The largest absolute Gasteiger partial charge is 0.478 e. The number of hydrogen-bond donors (Lipinski definition) is 2. The van der Waals surface area contributed by atoms with Gasteiger partial charge in [-0.1, -0.05) is 0 Å². The number of rotatable bonds is 5. The van der Waals surface area contributed by atoms with Gasteiger partial charge in [-0.2, -0.15) is 13.2 Å². The third-order valence-electron chi connectivity index (χ3n) is 1.88. The zero-order chi connectivity index (χ0) is 13.2. The van der Waals surface area contributed by atoms with Crippen molar-refractivity contribution in [2.75, 3.05) is 11.9 Å². The number of alkyl halides is 4. The highest BCUT2D eigenvalue weighted by Crippen LogP contribution is 2.28. The van der Waals surface area contributed by atoms with Crippen LogP contribution in [0.4, 0.5) is 22.6 Å². The zero-order valence-electron chi connectivity index (χ0n) is 8.51. The molecule has 1 heterocycles. The first-order valence-corrected chi connectivity index (χ1v) is 5.12. The molecule has 0 aliphatic rings. The number of halogens is 4. The highest BCUT2D eigenvalue weighted by Gasteiger charge is 2.40. The van der Waals surface area contributed by atoms with Crippen molar-refractivity contribution in [1.29, 1.82) is 0 Å². The van der Waals surface area contributed by atoms with Crippen molar-refractivity contribution in [3.63, 3.8) is 0 Å². The van der Waals surface area contributed by atoms with Gasteiger partial charge in [0.2, 0.25) is 0 Å². The van der Waals surface area contributed by atoms with Gasteiger partial charge in [-0.3, -0.25) is 0 Å². The Kier molecular flexibility index (Phi) is 3.91. The van der Waals surface area contributed by atoms with Crippen LogP contribution in [0.1, 0.15) is 16.1 Å². The highest BCUT2D eigenvalue weighted by molar-refractivity contribution is 7.10.